The largest absolute Gasteiger partial charge is 0.329 e. The fourth-order valence-corrected chi connectivity index (χ4v) is 3.34. The maximum absolute atomic E-state index is 5.82. The van der Waals surface area contributed by atoms with Crippen molar-refractivity contribution in [3.63, 3.8) is 0 Å². The molecular formula is C10H18N2S. The van der Waals surface area contributed by atoms with Crippen LogP contribution in [0.15, 0.2) is 0 Å². The standard InChI is InChI=1S/C10H18N2S/c1-4-9(3)12-10(6-11)7-13-5-8(10)2/h1,8-9,12H,5-7,11H2,2-3H3. The molecule has 3 heteroatoms. The Kier molecular flexibility index (Phi) is 3.66. The second-order valence-corrected chi connectivity index (χ2v) is 4.84. The molecule has 0 bridgehead atoms. The molecule has 74 valence electrons. The van der Waals surface area contributed by atoms with Crippen molar-refractivity contribution >= 4 is 11.8 Å². The van der Waals surface area contributed by atoms with Gasteiger partial charge in [-0.2, -0.15) is 11.8 Å². The number of rotatable bonds is 3. The van der Waals surface area contributed by atoms with E-state index in [0.717, 1.165) is 5.75 Å². The van der Waals surface area contributed by atoms with Crippen LogP contribution in [0, 0.1) is 18.3 Å². The van der Waals surface area contributed by atoms with Crippen LogP contribution < -0.4 is 11.1 Å². The van der Waals surface area contributed by atoms with Crippen LogP contribution in [-0.4, -0.2) is 29.6 Å². The molecule has 0 radical (unpaired) electrons. The van der Waals surface area contributed by atoms with E-state index in [4.69, 9.17) is 12.2 Å². The number of thioether (sulfide) groups is 1. The molecule has 3 atom stereocenters. The van der Waals surface area contributed by atoms with Crippen LogP contribution in [0.2, 0.25) is 0 Å². The molecule has 0 aliphatic carbocycles. The summed E-state index contributed by atoms with van der Waals surface area (Å²) in [6, 6.07) is 0.115. The van der Waals surface area contributed by atoms with E-state index in [1.165, 1.54) is 5.75 Å². The highest BCUT2D eigenvalue weighted by Gasteiger charge is 2.39. The van der Waals surface area contributed by atoms with Crippen LogP contribution in [0.5, 0.6) is 0 Å². The first-order valence-corrected chi connectivity index (χ1v) is 5.82. The maximum Gasteiger partial charge on any atom is 0.0663 e. The summed E-state index contributed by atoms with van der Waals surface area (Å²) in [5.41, 5.74) is 5.88. The van der Waals surface area contributed by atoms with E-state index in [1.807, 2.05) is 18.7 Å². The van der Waals surface area contributed by atoms with Gasteiger partial charge in [-0.1, -0.05) is 12.8 Å². The van der Waals surface area contributed by atoms with Gasteiger partial charge in [-0.3, -0.25) is 5.32 Å². The van der Waals surface area contributed by atoms with E-state index in [1.54, 1.807) is 0 Å². The van der Waals surface area contributed by atoms with E-state index in [-0.39, 0.29) is 11.6 Å². The van der Waals surface area contributed by atoms with Gasteiger partial charge < -0.3 is 5.73 Å². The zero-order valence-electron chi connectivity index (χ0n) is 8.34. The summed E-state index contributed by atoms with van der Waals surface area (Å²) in [7, 11) is 0. The molecular weight excluding hydrogens is 180 g/mol. The Morgan fingerprint density at radius 1 is 1.85 bits per heavy atom. The van der Waals surface area contributed by atoms with E-state index in [2.05, 4.69) is 18.2 Å². The summed E-state index contributed by atoms with van der Waals surface area (Å²) in [5, 5.41) is 3.46. The van der Waals surface area contributed by atoms with Gasteiger partial charge >= 0.3 is 0 Å². The van der Waals surface area contributed by atoms with Gasteiger partial charge in [0.15, 0.2) is 0 Å². The monoisotopic (exact) mass is 198 g/mol. The number of nitrogens with one attached hydrogen (secondary N) is 1. The summed E-state index contributed by atoms with van der Waals surface area (Å²) < 4.78 is 0. The minimum absolute atomic E-state index is 0.0659. The Morgan fingerprint density at radius 2 is 2.54 bits per heavy atom. The molecule has 1 heterocycles. The van der Waals surface area contributed by atoms with Gasteiger partial charge in [-0.15, -0.1) is 6.42 Å². The first-order valence-electron chi connectivity index (χ1n) is 4.66. The highest BCUT2D eigenvalue weighted by atomic mass is 32.2. The second kappa shape index (κ2) is 4.36. The summed E-state index contributed by atoms with van der Waals surface area (Å²) in [6.45, 7) is 4.92. The van der Waals surface area contributed by atoms with Crippen molar-refractivity contribution in [3.8, 4) is 12.3 Å². The third kappa shape index (κ3) is 2.19. The maximum atomic E-state index is 5.82. The molecule has 1 rings (SSSR count). The van der Waals surface area contributed by atoms with E-state index in [9.17, 15) is 0 Å². The Balaban J connectivity index is 2.65. The molecule has 0 aromatic rings. The lowest BCUT2D eigenvalue weighted by Crippen LogP contribution is -2.58. The van der Waals surface area contributed by atoms with Crippen LogP contribution in [0.3, 0.4) is 0 Å². The van der Waals surface area contributed by atoms with Crippen LogP contribution in [0.25, 0.3) is 0 Å². The third-order valence-electron chi connectivity index (χ3n) is 2.79. The molecule has 0 amide bonds. The first kappa shape index (κ1) is 10.9. The average molecular weight is 198 g/mol. The van der Waals surface area contributed by atoms with Gasteiger partial charge in [0.05, 0.1) is 6.04 Å². The minimum atomic E-state index is 0.0659. The van der Waals surface area contributed by atoms with Crippen molar-refractivity contribution in [1.29, 1.82) is 0 Å². The molecule has 1 saturated heterocycles. The average Bonchev–Trinajstić information content (AvgIpc) is 2.48. The van der Waals surface area contributed by atoms with Gasteiger partial charge in [-0.05, 0) is 18.6 Å². The summed E-state index contributed by atoms with van der Waals surface area (Å²) in [6.07, 6.45) is 5.35. The predicted octanol–water partition coefficient (Wildman–Crippen LogP) is 0.678. The molecule has 3 N–H and O–H groups in total. The summed E-state index contributed by atoms with van der Waals surface area (Å²) in [4.78, 5) is 0. The summed E-state index contributed by atoms with van der Waals surface area (Å²) >= 11 is 1.96. The van der Waals surface area contributed by atoms with Crippen molar-refractivity contribution in [2.24, 2.45) is 11.7 Å². The topological polar surface area (TPSA) is 38.0 Å². The molecule has 3 unspecified atom stereocenters. The number of hydrogen-bond donors (Lipinski definition) is 2. The van der Waals surface area contributed by atoms with Crippen molar-refractivity contribution in [3.05, 3.63) is 0 Å². The molecule has 13 heavy (non-hydrogen) atoms. The Morgan fingerprint density at radius 3 is 2.92 bits per heavy atom. The van der Waals surface area contributed by atoms with Crippen molar-refractivity contribution in [2.45, 2.75) is 25.4 Å². The van der Waals surface area contributed by atoms with E-state index >= 15 is 0 Å². The van der Waals surface area contributed by atoms with Gasteiger partial charge in [0.1, 0.15) is 0 Å². The minimum Gasteiger partial charge on any atom is -0.329 e. The van der Waals surface area contributed by atoms with E-state index < -0.39 is 0 Å². The van der Waals surface area contributed by atoms with Crippen LogP contribution in [0.4, 0.5) is 0 Å². The zero-order valence-corrected chi connectivity index (χ0v) is 9.16. The first-order chi connectivity index (χ1) is 6.14. The van der Waals surface area contributed by atoms with E-state index in [0.29, 0.717) is 12.5 Å². The lowest BCUT2D eigenvalue weighted by Gasteiger charge is -2.34. The van der Waals surface area contributed by atoms with Crippen LogP contribution >= 0.6 is 11.8 Å². The van der Waals surface area contributed by atoms with Crippen molar-refractivity contribution in [1.82, 2.24) is 5.32 Å². The smallest absolute Gasteiger partial charge is 0.0663 e. The molecule has 1 fully saturated rings. The second-order valence-electron chi connectivity index (χ2n) is 3.81. The fourth-order valence-electron chi connectivity index (χ4n) is 1.70. The fraction of sp³-hybridized carbons (Fsp3) is 0.800. The normalized spacial score (nSPS) is 35.7. The molecule has 0 aromatic heterocycles. The number of hydrogen-bond acceptors (Lipinski definition) is 3. The SMILES string of the molecule is C#CC(C)NC1(CN)CSCC1C. The van der Waals surface area contributed by atoms with Gasteiger partial charge in [0.25, 0.3) is 0 Å². The predicted molar refractivity (Wildman–Crippen MR) is 59.7 cm³/mol. The lowest BCUT2D eigenvalue weighted by molar-refractivity contribution is 0.283. The van der Waals surface area contributed by atoms with Gasteiger partial charge in [0, 0.05) is 17.8 Å². The Labute approximate surface area is 85.0 Å². The van der Waals surface area contributed by atoms with Crippen molar-refractivity contribution in [2.75, 3.05) is 18.1 Å². The molecule has 0 saturated carbocycles. The van der Waals surface area contributed by atoms with Gasteiger partial charge in [-0.25, -0.2) is 0 Å². The summed E-state index contributed by atoms with van der Waals surface area (Å²) in [5.74, 6) is 5.57. The quantitative estimate of drug-likeness (QED) is 0.655. The Hall–Kier alpha value is -0.170. The Bertz CT molecular complexity index is 211. The molecule has 0 spiro atoms. The van der Waals surface area contributed by atoms with Crippen LogP contribution in [0.1, 0.15) is 13.8 Å². The number of terminal acetylenes is 1. The molecule has 1 aliphatic rings. The van der Waals surface area contributed by atoms with Crippen LogP contribution in [-0.2, 0) is 0 Å². The highest BCUT2D eigenvalue weighted by molar-refractivity contribution is 7.99. The molecule has 2 nitrogen and oxygen atoms in total. The molecule has 1 aliphatic heterocycles. The lowest BCUT2D eigenvalue weighted by atomic mass is 9.88. The number of nitrogens with two attached hydrogens (primary N) is 1. The molecule has 0 aromatic carbocycles. The highest BCUT2D eigenvalue weighted by Crippen LogP contribution is 2.32. The zero-order chi connectivity index (χ0) is 9.90. The van der Waals surface area contributed by atoms with Gasteiger partial charge in [0.2, 0.25) is 0 Å². The third-order valence-corrected chi connectivity index (χ3v) is 4.24. The van der Waals surface area contributed by atoms with Crippen molar-refractivity contribution < 1.29 is 0 Å².